The summed E-state index contributed by atoms with van der Waals surface area (Å²) in [6.45, 7) is 1.04. The Balaban J connectivity index is 1.29. The number of carbonyl (C=O) groups excluding carboxylic acids is 1. The minimum Gasteiger partial charge on any atom is -0.497 e. The number of hydrogen-bond donors (Lipinski definition) is 1. The first kappa shape index (κ1) is 24.9. The summed E-state index contributed by atoms with van der Waals surface area (Å²) in [6, 6.07) is 25.1. The number of fused-ring (bicyclic) bond motifs is 1. The Hall–Kier alpha value is -3.81. The molecule has 5 aromatic rings. The first-order valence-corrected chi connectivity index (χ1v) is 13.1. The van der Waals surface area contributed by atoms with Crippen LogP contribution in [0.1, 0.15) is 27.0 Å². The highest BCUT2D eigenvalue weighted by atomic mass is 35.5. The van der Waals surface area contributed by atoms with Gasteiger partial charge in [0, 0.05) is 29.1 Å². The number of carbonyl (C=O) groups is 1. The molecule has 0 aliphatic carbocycles. The summed E-state index contributed by atoms with van der Waals surface area (Å²) >= 11 is 7.72. The van der Waals surface area contributed by atoms with Crippen LogP contribution >= 0.6 is 23.4 Å². The Kier molecular flexibility index (Phi) is 7.73. The molecular formula is C29H25ClN4O2S. The van der Waals surface area contributed by atoms with Crippen LogP contribution in [-0.2, 0) is 18.8 Å². The number of methoxy groups -OCH3 is 1. The molecular weight excluding hydrogens is 504 g/mol. The predicted octanol–water partition coefficient (Wildman–Crippen LogP) is 6.36. The fourth-order valence-corrected chi connectivity index (χ4v) is 5.14. The van der Waals surface area contributed by atoms with Gasteiger partial charge in [-0.15, -0.1) is 0 Å². The first-order chi connectivity index (χ1) is 18.1. The number of hydrogen-bond acceptors (Lipinski definition) is 5. The molecule has 0 saturated carbocycles. The summed E-state index contributed by atoms with van der Waals surface area (Å²) in [6.07, 6.45) is 3.60. The third-order valence-corrected chi connectivity index (χ3v) is 7.22. The molecule has 0 fully saturated rings. The van der Waals surface area contributed by atoms with E-state index < -0.39 is 0 Å². The maximum atomic E-state index is 12.6. The van der Waals surface area contributed by atoms with Crippen molar-refractivity contribution in [2.24, 2.45) is 0 Å². The summed E-state index contributed by atoms with van der Waals surface area (Å²) in [5.74, 6) is 1.50. The lowest BCUT2D eigenvalue weighted by atomic mass is 10.1. The van der Waals surface area contributed by atoms with Crippen LogP contribution in [0.25, 0.3) is 11.0 Å². The minimum atomic E-state index is -0.125. The zero-order valence-electron chi connectivity index (χ0n) is 20.2. The van der Waals surface area contributed by atoms with E-state index in [-0.39, 0.29) is 5.91 Å². The van der Waals surface area contributed by atoms with Crippen molar-refractivity contribution in [2.75, 3.05) is 7.11 Å². The molecule has 0 radical (unpaired) electrons. The second-order valence-electron chi connectivity index (χ2n) is 8.49. The van der Waals surface area contributed by atoms with E-state index >= 15 is 0 Å². The van der Waals surface area contributed by atoms with E-state index in [1.807, 2.05) is 72.9 Å². The normalized spacial score (nSPS) is 11.0. The number of nitrogens with one attached hydrogen (secondary N) is 1. The van der Waals surface area contributed by atoms with Gasteiger partial charge in [0.15, 0.2) is 5.16 Å². The quantitative estimate of drug-likeness (QED) is 0.225. The van der Waals surface area contributed by atoms with Crippen molar-refractivity contribution in [3.8, 4) is 5.75 Å². The second-order valence-corrected chi connectivity index (χ2v) is 9.87. The molecule has 2 aromatic heterocycles. The van der Waals surface area contributed by atoms with Crippen molar-refractivity contribution in [3.05, 3.63) is 119 Å². The third kappa shape index (κ3) is 6.13. The number of imidazole rings is 1. The maximum absolute atomic E-state index is 12.6. The Morgan fingerprint density at radius 3 is 2.54 bits per heavy atom. The van der Waals surface area contributed by atoms with Crippen LogP contribution in [0, 0.1) is 0 Å². The molecule has 186 valence electrons. The molecule has 37 heavy (non-hydrogen) atoms. The molecule has 0 atom stereocenters. The molecule has 0 aliphatic rings. The van der Waals surface area contributed by atoms with E-state index in [0.29, 0.717) is 23.7 Å². The van der Waals surface area contributed by atoms with Gasteiger partial charge in [0.2, 0.25) is 0 Å². The zero-order valence-corrected chi connectivity index (χ0v) is 21.8. The molecule has 0 aliphatic heterocycles. The maximum Gasteiger partial charge on any atom is 0.251 e. The number of amides is 1. The molecule has 6 nitrogen and oxygen atoms in total. The predicted molar refractivity (Wildman–Crippen MR) is 148 cm³/mol. The fourth-order valence-electron chi connectivity index (χ4n) is 3.96. The van der Waals surface area contributed by atoms with Crippen LogP contribution in [0.2, 0.25) is 5.02 Å². The van der Waals surface area contributed by atoms with E-state index in [4.69, 9.17) is 21.3 Å². The number of aromatic nitrogens is 3. The number of ether oxygens (including phenoxy) is 1. The number of halogens is 1. The summed E-state index contributed by atoms with van der Waals surface area (Å²) < 4.78 is 7.43. The van der Waals surface area contributed by atoms with Gasteiger partial charge in [0.25, 0.3) is 5.91 Å². The van der Waals surface area contributed by atoms with Gasteiger partial charge in [-0.05, 0) is 59.2 Å². The fraction of sp³-hybridized carbons (Fsp3) is 0.138. The topological polar surface area (TPSA) is 69.0 Å². The van der Waals surface area contributed by atoms with Gasteiger partial charge in [-0.1, -0.05) is 59.8 Å². The molecule has 0 unspecified atom stereocenters. The smallest absolute Gasteiger partial charge is 0.251 e. The van der Waals surface area contributed by atoms with Gasteiger partial charge < -0.3 is 14.6 Å². The van der Waals surface area contributed by atoms with Gasteiger partial charge in [-0.2, -0.15) is 0 Å². The summed E-state index contributed by atoms with van der Waals surface area (Å²) in [5, 5.41) is 4.52. The average molecular weight is 529 g/mol. The Bertz CT molecular complexity index is 1520. The van der Waals surface area contributed by atoms with Crippen LogP contribution in [0.5, 0.6) is 5.75 Å². The molecule has 2 heterocycles. The van der Waals surface area contributed by atoms with Crippen LogP contribution in [0.3, 0.4) is 0 Å². The monoisotopic (exact) mass is 528 g/mol. The molecule has 8 heteroatoms. The van der Waals surface area contributed by atoms with Crippen LogP contribution in [0.15, 0.2) is 96.4 Å². The number of thioether (sulfide) groups is 1. The van der Waals surface area contributed by atoms with Gasteiger partial charge in [0.1, 0.15) is 5.75 Å². The lowest BCUT2D eigenvalue weighted by Crippen LogP contribution is -2.22. The highest BCUT2D eigenvalue weighted by Gasteiger charge is 2.13. The van der Waals surface area contributed by atoms with Crippen LogP contribution < -0.4 is 10.1 Å². The SMILES string of the molecule is COc1ccc(CSc2nc3ccncc3n2Cc2ccc(C(=O)NCc3cccc(Cl)c3)cc2)cc1. The lowest BCUT2D eigenvalue weighted by molar-refractivity contribution is 0.0951. The third-order valence-electron chi connectivity index (χ3n) is 5.94. The lowest BCUT2D eigenvalue weighted by Gasteiger charge is -2.10. The summed E-state index contributed by atoms with van der Waals surface area (Å²) in [5.41, 5.74) is 5.71. The zero-order chi connectivity index (χ0) is 25.6. The summed E-state index contributed by atoms with van der Waals surface area (Å²) in [4.78, 5) is 21.8. The van der Waals surface area contributed by atoms with Crippen molar-refractivity contribution in [1.82, 2.24) is 19.9 Å². The van der Waals surface area contributed by atoms with Crippen molar-refractivity contribution < 1.29 is 9.53 Å². The van der Waals surface area contributed by atoms with E-state index in [9.17, 15) is 4.79 Å². The van der Waals surface area contributed by atoms with E-state index in [0.717, 1.165) is 38.8 Å². The van der Waals surface area contributed by atoms with E-state index in [2.05, 4.69) is 27.0 Å². The Morgan fingerprint density at radius 1 is 1.00 bits per heavy atom. The summed E-state index contributed by atoms with van der Waals surface area (Å²) in [7, 11) is 1.67. The first-order valence-electron chi connectivity index (χ1n) is 11.8. The number of rotatable bonds is 9. The van der Waals surface area contributed by atoms with Crippen molar-refractivity contribution in [2.45, 2.75) is 24.0 Å². The molecule has 5 rings (SSSR count). The van der Waals surface area contributed by atoms with Crippen LogP contribution in [-0.4, -0.2) is 27.6 Å². The van der Waals surface area contributed by atoms with Crippen LogP contribution in [0.4, 0.5) is 0 Å². The van der Waals surface area contributed by atoms with E-state index in [1.54, 1.807) is 25.1 Å². The molecule has 1 N–H and O–H groups in total. The van der Waals surface area contributed by atoms with E-state index in [1.165, 1.54) is 5.56 Å². The molecule has 0 saturated heterocycles. The molecule has 1 amide bonds. The van der Waals surface area contributed by atoms with Crippen molar-refractivity contribution in [3.63, 3.8) is 0 Å². The largest absolute Gasteiger partial charge is 0.497 e. The molecule has 0 spiro atoms. The average Bonchev–Trinajstić information content (AvgIpc) is 3.28. The minimum absolute atomic E-state index is 0.125. The molecule has 3 aromatic carbocycles. The number of nitrogens with zero attached hydrogens (tertiary/aromatic N) is 3. The molecule has 0 bridgehead atoms. The standard InChI is InChI=1S/C29H25ClN4O2S/c1-36-25-11-7-21(8-12-25)19-37-29-33-26-13-14-31-17-27(26)34(29)18-20-5-9-23(10-6-20)28(35)32-16-22-3-2-4-24(30)15-22/h2-15,17H,16,18-19H2,1H3,(H,32,35). The Labute approximate surface area is 224 Å². The van der Waals surface area contributed by atoms with Crippen molar-refractivity contribution in [1.29, 1.82) is 0 Å². The highest BCUT2D eigenvalue weighted by molar-refractivity contribution is 7.98. The van der Waals surface area contributed by atoms with Gasteiger partial charge in [-0.25, -0.2) is 4.98 Å². The number of benzene rings is 3. The Morgan fingerprint density at radius 2 is 1.78 bits per heavy atom. The van der Waals surface area contributed by atoms with Crippen molar-refractivity contribution >= 4 is 40.3 Å². The van der Waals surface area contributed by atoms with Gasteiger partial charge >= 0.3 is 0 Å². The van der Waals surface area contributed by atoms with Gasteiger partial charge in [-0.3, -0.25) is 9.78 Å². The second kappa shape index (κ2) is 11.5. The number of pyridine rings is 1. The highest BCUT2D eigenvalue weighted by Crippen LogP contribution is 2.28. The van der Waals surface area contributed by atoms with Gasteiger partial charge in [0.05, 0.1) is 30.9 Å².